The van der Waals surface area contributed by atoms with Gasteiger partial charge in [-0.05, 0) is 30.4 Å². The van der Waals surface area contributed by atoms with E-state index < -0.39 is 5.97 Å². The normalized spacial score (nSPS) is 14.0. The average molecular weight is 332 g/mol. The predicted molar refractivity (Wildman–Crippen MR) is 89.0 cm³/mol. The molecule has 0 bridgehead atoms. The molecule has 0 spiro atoms. The molecule has 1 saturated heterocycles. The van der Waals surface area contributed by atoms with Gasteiger partial charge < -0.3 is 15.3 Å². The number of unbranched alkanes of at least 4 members (excludes halogenated alkanes) is 1. The summed E-state index contributed by atoms with van der Waals surface area (Å²) in [4.78, 5) is 35.7. The lowest BCUT2D eigenvalue weighted by atomic mass is 10.1. The maximum atomic E-state index is 11.8. The molecule has 1 aromatic rings. The van der Waals surface area contributed by atoms with Gasteiger partial charge in [-0.15, -0.1) is 0 Å². The van der Waals surface area contributed by atoms with Gasteiger partial charge in [0.2, 0.25) is 11.8 Å². The standard InChI is InChI=1S/C18H24N2O4/c21-16(7-1-2-9-18(23)24)19-12-14-5-3-6-15(11-14)13-20-10-4-8-17(20)22/h3,5-6,11H,1-2,4,7-10,12-13H2,(H,19,21)(H,23,24). The van der Waals surface area contributed by atoms with E-state index in [2.05, 4.69) is 5.32 Å². The van der Waals surface area contributed by atoms with Crippen LogP contribution in [0.15, 0.2) is 24.3 Å². The maximum Gasteiger partial charge on any atom is 0.303 e. The lowest BCUT2D eigenvalue weighted by molar-refractivity contribution is -0.137. The minimum absolute atomic E-state index is 0.0690. The van der Waals surface area contributed by atoms with Crippen LogP contribution in [0.25, 0.3) is 0 Å². The second kappa shape index (κ2) is 9.05. The number of carbonyl (C=O) groups excluding carboxylic acids is 2. The van der Waals surface area contributed by atoms with Crippen LogP contribution in [0, 0.1) is 0 Å². The number of nitrogens with zero attached hydrogens (tertiary/aromatic N) is 1. The smallest absolute Gasteiger partial charge is 0.303 e. The fourth-order valence-corrected chi connectivity index (χ4v) is 2.78. The summed E-state index contributed by atoms with van der Waals surface area (Å²) in [6.45, 7) is 1.88. The average Bonchev–Trinajstić information content (AvgIpc) is 2.95. The Morgan fingerprint density at radius 1 is 1.17 bits per heavy atom. The Hall–Kier alpha value is -2.37. The van der Waals surface area contributed by atoms with Crippen LogP contribution in [-0.4, -0.2) is 34.3 Å². The molecule has 0 unspecified atom stereocenters. The van der Waals surface area contributed by atoms with Gasteiger partial charge in [0.15, 0.2) is 0 Å². The minimum Gasteiger partial charge on any atom is -0.481 e. The first kappa shape index (κ1) is 18.0. The molecular formula is C18H24N2O4. The number of likely N-dealkylation sites (tertiary alicyclic amines) is 1. The van der Waals surface area contributed by atoms with Crippen molar-refractivity contribution in [3.63, 3.8) is 0 Å². The Labute approximate surface area is 141 Å². The van der Waals surface area contributed by atoms with Crippen LogP contribution in [0.3, 0.4) is 0 Å². The lowest BCUT2D eigenvalue weighted by Gasteiger charge is -2.16. The molecular weight excluding hydrogens is 308 g/mol. The molecule has 0 saturated carbocycles. The zero-order valence-corrected chi connectivity index (χ0v) is 13.8. The number of amides is 2. The maximum absolute atomic E-state index is 11.8. The third-order valence-electron chi connectivity index (χ3n) is 4.07. The number of hydrogen-bond donors (Lipinski definition) is 2. The largest absolute Gasteiger partial charge is 0.481 e. The van der Waals surface area contributed by atoms with Crippen LogP contribution in [0.2, 0.25) is 0 Å². The van der Waals surface area contributed by atoms with E-state index in [-0.39, 0.29) is 18.2 Å². The molecule has 2 rings (SSSR count). The van der Waals surface area contributed by atoms with Crippen molar-refractivity contribution in [1.29, 1.82) is 0 Å². The van der Waals surface area contributed by atoms with E-state index in [1.165, 1.54) is 0 Å². The van der Waals surface area contributed by atoms with E-state index in [0.717, 1.165) is 24.1 Å². The van der Waals surface area contributed by atoms with Crippen LogP contribution < -0.4 is 5.32 Å². The van der Waals surface area contributed by atoms with Crippen LogP contribution in [0.5, 0.6) is 0 Å². The van der Waals surface area contributed by atoms with E-state index in [9.17, 15) is 14.4 Å². The number of hydrogen-bond acceptors (Lipinski definition) is 3. The van der Waals surface area contributed by atoms with E-state index in [1.807, 2.05) is 29.2 Å². The van der Waals surface area contributed by atoms with E-state index >= 15 is 0 Å². The summed E-state index contributed by atoms with van der Waals surface area (Å²) in [5, 5.41) is 11.4. The van der Waals surface area contributed by atoms with E-state index in [4.69, 9.17) is 5.11 Å². The Kier molecular flexibility index (Phi) is 6.78. The third-order valence-corrected chi connectivity index (χ3v) is 4.07. The molecule has 6 nitrogen and oxygen atoms in total. The van der Waals surface area contributed by atoms with E-state index in [1.54, 1.807) is 0 Å². The molecule has 1 heterocycles. The number of aliphatic carboxylic acids is 1. The molecule has 1 aliphatic rings. The van der Waals surface area contributed by atoms with Gasteiger partial charge in [-0.1, -0.05) is 24.3 Å². The topological polar surface area (TPSA) is 86.7 Å². The number of carboxylic acid groups (broad SMARTS) is 1. The minimum atomic E-state index is -0.830. The molecule has 1 aliphatic heterocycles. The van der Waals surface area contributed by atoms with Crippen molar-refractivity contribution in [2.75, 3.05) is 6.54 Å². The fraction of sp³-hybridized carbons (Fsp3) is 0.500. The third kappa shape index (κ3) is 6.02. The number of rotatable bonds is 9. The Morgan fingerprint density at radius 2 is 1.92 bits per heavy atom. The highest BCUT2D eigenvalue weighted by molar-refractivity contribution is 5.78. The molecule has 0 atom stereocenters. The van der Waals surface area contributed by atoms with Crippen molar-refractivity contribution in [2.45, 2.75) is 51.6 Å². The molecule has 1 aromatic carbocycles. The van der Waals surface area contributed by atoms with Crippen LogP contribution in [-0.2, 0) is 27.5 Å². The van der Waals surface area contributed by atoms with Crippen molar-refractivity contribution < 1.29 is 19.5 Å². The lowest BCUT2D eigenvalue weighted by Crippen LogP contribution is -2.24. The summed E-state index contributed by atoms with van der Waals surface area (Å²) in [6.07, 6.45) is 3.10. The monoisotopic (exact) mass is 332 g/mol. The highest BCUT2D eigenvalue weighted by atomic mass is 16.4. The molecule has 6 heteroatoms. The zero-order chi connectivity index (χ0) is 17.4. The van der Waals surface area contributed by atoms with Crippen molar-refractivity contribution in [3.8, 4) is 0 Å². The summed E-state index contributed by atoms with van der Waals surface area (Å²) in [5.41, 5.74) is 2.07. The predicted octanol–water partition coefficient (Wildman–Crippen LogP) is 2.07. The summed E-state index contributed by atoms with van der Waals surface area (Å²) >= 11 is 0. The van der Waals surface area contributed by atoms with Crippen molar-refractivity contribution in [3.05, 3.63) is 35.4 Å². The second-order valence-electron chi connectivity index (χ2n) is 6.12. The molecule has 2 N–H and O–H groups in total. The van der Waals surface area contributed by atoms with Crippen molar-refractivity contribution >= 4 is 17.8 Å². The van der Waals surface area contributed by atoms with Gasteiger partial charge in [-0.25, -0.2) is 0 Å². The second-order valence-corrected chi connectivity index (χ2v) is 6.12. The highest BCUT2D eigenvalue weighted by Gasteiger charge is 2.19. The molecule has 24 heavy (non-hydrogen) atoms. The molecule has 130 valence electrons. The first-order chi connectivity index (χ1) is 11.5. The van der Waals surface area contributed by atoms with Gasteiger partial charge in [-0.3, -0.25) is 14.4 Å². The zero-order valence-electron chi connectivity index (χ0n) is 13.8. The Morgan fingerprint density at radius 3 is 2.62 bits per heavy atom. The first-order valence-electron chi connectivity index (χ1n) is 8.38. The van der Waals surface area contributed by atoms with Gasteiger partial charge in [0.1, 0.15) is 0 Å². The molecule has 0 aliphatic carbocycles. The Balaban J connectivity index is 1.74. The number of nitrogens with one attached hydrogen (secondary N) is 1. The van der Waals surface area contributed by atoms with E-state index in [0.29, 0.717) is 38.8 Å². The van der Waals surface area contributed by atoms with Gasteiger partial charge in [0.05, 0.1) is 0 Å². The molecule has 0 aromatic heterocycles. The number of carboxylic acids is 1. The fourth-order valence-electron chi connectivity index (χ4n) is 2.78. The van der Waals surface area contributed by atoms with Crippen LogP contribution in [0.4, 0.5) is 0 Å². The summed E-state index contributed by atoms with van der Waals surface area (Å²) in [6, 6.07) is 7.88. The highest BCUT2D eigenvalue weighted by Crippen LogP contribution is 2.15. The van der Waals surface area contributed by atoms with Crippen LogP contribution >= 0.6 is 0 Å². The molecule has 2 amide bonds. The van der Waals surface area contributed by atoms with Gasteiger partial charge in [0.25, 0.3) is 0 Å². The first-order valence-corrected chi connectivity index (χ1v) is 8.38. The summed E-state index contributed by atoms with van der Waals surface area (Å²) in [5.74, 6) is -0.695. The van der Waals surface area contributed by atoms with Crippen molar-refractivity contribution in [1.82, 2.24) is 10.2 Å². The number of carbonyl (C=O) groups is 3. The van der Waals surface area contributed by atoms with Gasteiger partial charge in [0, 0.05) is 38.9 Å². The summed E-state index contributed by atoms with van der Waals surface area (Å²) in [7, 11) is 0. The van der Waals surface area contributed by atoms with Gasteiger partial charge >= 0.3 is 5.97 Å². The van der Waals surface area contributed by atoms with Crippen LogP contribution in [0.1, 0.15) is 49.7 Å². The van der Waals surface area contributed by atoms with Crippen molar-refractivity contribution in [2.24, 2.45) is 0 Å². The number of benzene rings is 1. The molecule has 1 fully saturated rings. The molecule has 0 radical (unpaired) electrons. The Bertz CT molecular complexity index is 600. The quantitative estimate of drug-likeness (QED) is 0.678. The van der Waals surface area contributed by atoms with Gasteiger partial charge in [-0.2, -0.15) is 0 Å². The summed E-state index contributed by atoms with van der Waals surface area (Å²) < 4.78 is 0. The SMILES string of the molecule is O=C(O)CCCCC(=O)NCc1cccc(CN2CCCC2=O)c1.